The van der Waals surface area contributed by atoms with Crippen LogP contribution in [0.3, 0.4) is 0 Å². The number of hydrogen-bond donors (Lipinski definition) is 3. The number of likely N-dealkylation sites (tertiary alicyclic amines) is 1. The standard InChI is InChI=1S/C36H35Cl2N5O5/c1-36(35(46)47)13-5-15-42(36)21-24-20-40-30-18-22(12-16-43(30)34(24)45)25-6-3-7-26(31(25)37)27-8-4-9-28(32(27)38)29-11-10-23(19-39-14-17-44)33(41-29)48-2/h3-4,6-12,16,18,20,39,44H,5,13-15,17,19,21H2,1-2H3,(H,46,47)/t36-/m0/s1. The van der Waals surface area contributed by atoms with Crippen LogP contribution in [0, 0.1) is 0 Å². The van der Waals surface area contributed by atoms with E-state index in [4.69, 9.17) is 38.0 Å². The average molecular weight is 689 g/mol. The van der Waals surface area contributed by atoms with Crippen LogP contribution in [0.2, 0.25) is 10.0 Å². The molecule has 1 fully saturated rings. The van der Waals surface area contributed by atoms with Gasteiger partial charge < -0.3 is 20.3 Å². The van der Waals surface area contributed by atoms with Crippen LogP contribution in [0.4, 0.5) is 0 Å². The summed E-state index contributed by atoms with van der Waals surface area (Å²) in [6.07, 6.45) is 4.50. The molecule has 0 bridgehead atoms. The Morgan fingerprint density at radius 1 is 1.02 bits per heavy atom. The summed E-state index contributed by atoms with van der Waals surface area (Å²) in [6.45, 7) is 3.51. The molecule has 0 radical (unpaired) electrons. The first-order valence-corrected chi connectivity index (χ1v) is 16.3. The maximum Gasteiger partial charge on any atom is 0.323 e. The van der Waals surface area contributed by atoms with Crippen molar-refractivity contribution < 1.29 is 19.7 Å². The van der Waals surface area contributed by atoms with Gasteiger partial charge in [-0.2, -0.15) is 0 Å². The number of halogens is 2. The lowest BCUT2D eigenvalue weighted by Gasteiger charge is -2.30. The number of nitrogens with one attached hydrogen (secondary N) is 1. The molecule has 0 unspecified atom stereocenters. The zero-order valence-corrected chi connectivity index (χ0v) is 28.1. The lowest BCUT2D eigenvalue weighted by Crippen LogP contribution is -2.48. The van der Waals surface area contributed by atoms with Gasteiger partial charge in [0.15, 0.2) is 0 Å². The smallest absolute Gasteiger partial charge is 0.323 e. The molecule has 0 aliphatic carbocycles. The van der Waals surface area contributed by atoms with Gasteiger partial charge >= 0.3 is 5.97 Å². The molecule has 1 aliphatic rings. The van der Waals surface area contributed by atoms with E-state index in [2.05, 4.69) is 10.3 Å². The zero-order valence-electron chi connectivity index (χ0n) is 26.5. The molecule has 0 saturated carbocycles. The number of aliphatic hydroxyl groups excluding tert-OH is 1. The van der Waals surface area contributed by atoms with Crippen LogP contribution in [0.1, 0.15) is 30.9 Å². The van der Waals surface area contributed by atoms with E-state index in [-0.39, 0.29) is 18.7 Å². The van der Waals surface area contributed by atoms with Gasteiger partial charge in [-0.3, -0.25) is 18.9 Å². The molecule has 5 aromatic rings. The van der Waals surface area contributed by atoms with Gasteiger partial charge in [-0.15, -0.1) is 0 Å². The second-order valence-corrected chi connectivity index (χ2v) is 12.7. The molecule has 1 atom stereocenters. The minimum atomic E-state index is -1.01. The highest BCUT2D eigenvalue weighted by molar-refractivity contribution is 6.39. The Morgan fingerprint density at radius 2 is 1.73 bits per heavy atom. The van der Waals surface area contributed by atoms with Crippen molar-refractivity contribution >= 4 is 34.8 Å². The average Bonchev–Trinajstić information content (AvgIpc) is 3.47. The van der Waals surface area contributed by atoms with Crippen molar-refractivity contribution in [2.45, 2.75) is 38.4 Å². The summed E-state index contributed by atoms with van der Waals surface area (Å²) < 4.78 is 7.01. The number of nitrogens with zero attached hydrogens (tertiary/aromatic N) is 4. The molecule has 3 aromatic heterocycles. The Morgan fingerprint density at radius 3 is 2.44 bits per heavy atom. The molecule has 248 valence electrons. The van der Waals surface area contributed by atoms with Crippen molar-refractivity contribution in [1.82, 2.24) is 24.6 Å². The van der Waals surface area contributed by atoms with Crippen molar-refractivity contribution in [1.29, 1.82) is 0 Å². The van der Waals surface area contributed by atoms with E-state index in [1.54, 1.807) is 26.3 Å². The normalized spacial score (nSPS) is 16.4. The molecule has 1 saturated heterocycles. The Kier molecular flexibility index (Phi) is 9.82. The molecule has 10 nitrogen and oxygen atoms in total. The number of carbonyl (C=O) groups is 1. The van der Waals surface area contributed by atoms with Crippen LogP contribution in [-0.2, 0) is 17.9 Å². The summed E-state index contributed by atoms with van der Waals surface area (Å²) in [4.78, 5) is 36.5. The molecule has 3 N–H and O–H groups in total. The number of methoxy groups -OCH3 is 1. The number of carboxylic acid groups (broad SMARTS) is 1. The molecule has 0 spiro atoms. The van der Waals surface area contributed by atoms with Crippen LogP contribution in [-0.4, -0.2) is 67.8 Å². The summed E-state index contributed by atoms with van der Waals surface area (Å²) in [6, 6.07) is 18.8. The summed E-state index contributed by atoms with van der Waals surface area (Å²) in [5.74, 6) is -0.425. The molecule has 4 heterocycles. The fraction of sp³-hybridized carbons (Fsp3) is 0.278. The van der Waals surface area contributed by atoms with Gasteiger partial charge in [-0.25, -0.2) is 9.97 Å². The van der Waals surface area contributed by atoms with Crippen LogP contribution >= 0.6 is 23.2 Å². The Hall–Kier alpha value is -4.32. The van der Waals surface area contributed by atoms with Gasteiger partial charge in [0.05, 0.1) is 35.0 Å². The third-order valence-electron chi connectivity index (χ3n) is 9.00. The van der Waals surface area contributed by atoms with Crippen LogP contribution in [0.25, 0.3) is 39.2 Å². The SMILES string of the molecule is COc1nc(-c2cccc(-c3cccc(-c4ccn5c(=O)c(CN6CCC[C@@]6(C)C(=O)O)cnc5c4)c3Cl)c2Cl)ccc1CNCCO. The quantitative estimate of drug-likeness (QED) is 0.145. The molecular formula is C36H35Cl2N5O5. The van der Waals surface area contributed by atoms with Crippen molar-refractivity contribution in [3.63, 3.8) is 0 Å². The first-order valence-electron chi connectivity index (χ1n) is 15.6. The Balaban J connectivity index is 1.31. The van der Waals surface area contributed by atoms with E-state index in [0.29, 0.717) is 64.4 Å². The number of aromatic nitrogens is 3. The van der Waals surface area contributed by atoms with Gasteiger partial charge in [-0.1, -0.05) is 65.7 Å². The number of hydrogen-bond acceptors (Lipinski definition) is 8. The number of aliphatic carboxylic acids is 1. The van der Waals surface area contributed by atoms with E-state index >= 15 is 0 Å². The zero-order chi connectivity index (χ0) is 34.0. The van der Waals surface area contributed by atoms with Crippen molar-refractivity contribution in [3.8, 4) is 39.4 Å². The van der Waals surface area contributed by atoms with Crippen molar-refractivity contribution in [2.24, 2.45) is 0 Å². The molecule has 12 heteroatoms. The second-order valence-electron chi connectivity index (χ2n) is 11.9. The fourth-order valence-electron chi connectivity index (χ4n) is 6.24. The number of rotatable bonds is 11. The fourth-order valence-corrected chi connectivity index (χ4v) is 6.90. The maximum absolute atomic E-state index is 13.4. The van der Waals surface area contributed by atoms with Crippen LogP contribution < -0.4 is 15.6 Å². The molecule has 0 amide bonds. The highest BCUT2D eigenvalue weighted by Crippen LogP contribution is 2.42. The Bertz CT molecular complexity index is 2070. The first kappa shape index (κ1) is 33.6. The third-order valence-corrected chi connectivity index (χ3v) is 9.82. The van der Waals surface area contributed by atoms with E-state index in [1.165, 1.54) is 10.6 Å². The highest BCUT2D eigenvalue weighted by atomic mass is 35.5. The highest BCUT2D eigenvalue weighted by Gasteiger charge is 2.43. The van der Waals surface area contributed by atoms with Gasteiger partial charge in [0.25, 0.3) is 5.56 Å². The predicted octanol–water partition coefficient (Wildman–Crippen LogP) is 5.93. The largest absolute Gasteiger partial charge is 0.481 e. The monoisotopic (exact) mass is 687 g/mol. The van der Waals surface area contributed by atoms with Crippen LogP contribution in [0.5, 0.6) is 5.88 Å². The number of carboxylic acids is 1. The van der Waals surface area contributed by atoms with E-state index in [1.807, 2.05) is 59.5 Å². The Labute approximate surface area is 287 Å². The number of benzene rings is 2. The second kappa shape index (κ2) is 14.0. The minimum Gasteiger partial charge on any atom is -0.481 e. The van der Waals surface area contributed by atoms with Crippen molar-refractivity contribution in [2.75, 3.05) is 26.8 Å². The van der Waals surface area contributed by atoms with Gasteiger partial charge in [0.1, 0.15) is 11.2 Å². The summed E-state index contributed by atoms with van der Waals surface area (Å²) >= 11 is 14.1. The lowest BCUT2D eigenvalue weighted by molar-refractivity contribution is -0.148. The number of aliphatic hydroxyl groups is 1. The predicted molar refractivity (Wildman–Crippen MR) is 187 cm³/mol. The molecule has 2 aromatic carbocycles. The van der Waals surface area contributed by atoms with Gasteiger partial charge in [-0.05, 0) is 50.1 Å². The first-order chi connectivity index (χ1) is 23.2. The summed E-state index contributed by atoms with van der Waals surface area (Å²) in [5.41, 5.74) is 4.80. The van der Waals surface area contributed by atoms with Gasteiger partial charge in [0.2, 0.25) is 5.88 Å². The molecule has 1 aliphatic heterocycles. The van der Waals surface area contributed by atoms with Crippen LogP contribution in [0.15, 0.2) is 77.9 Å². The molecular weight excluding hydrogens is 653 g/mol. The van der Waals surface area contributed by atoms with Gasteiger partial charge in [0, 0.05) is 59.8 Å². The number of pyridine rings is 2. The van der Waals surface area contributed by atoms with E-state index in [9.17, 15) is 14.7 Å². The maximum atomic E-state index is 13.4. The lowest BCUT2D eigenvalue weighted by atomic mass is 9.97. The molecule has 6 rings (SSSR count). The summed E-state index contributed by atoms with van der Waals surface area (Å²) in [7, 11) is 1.56. The van der Waals surface area contributed by atoms with E-state index in [0.717, 1.165) is 34.2 Å². The summed E-state index contributed by atoms with van der Waals surface area (Å²) in [5, 5.41) is 23.0. The number of fused-ring (bicyclic) bond motifs is 1. The number of ether oxygens (including phenoxy) is 1. The topological polar surface area (TPSA) is 129 Å². The van der Waals surface area contributed by atoms with Crippen molar-refractivity contribution in [3.05, 3.63) is 105 Å². The molecule has 48 heavy (non-hydrogen) atoms. The third kappa shape index (κ3) is 6.29. The van der Waals surface area contributed by atoms with E-state index < -0.39 is 11.5 Å². The minimum absolute atomic E-state index is 0.0365.